The molecule has 0 fully saturated rings. The molecule has 26 heavy (non-hydrogen) atoms. The number of hydrogen-bond acceptors (Lipinski definition) is 5. The molecule has 1 aromatic carbocycles. The van der Waals surface area contributed by atoms with Gasteiger partial charge >= 0.3 is 0 Å². The topological polar surface area (TPSA) is 81.9 Å². The first-order chi connectivity index (χ1) is 12.4. The van der Waals surface area contributed by atoms with Crippen molar-refractivity contribution in [1.29, 1.82) is 0 Å². The minimum Gasteiger partial charge on any atom is -0.439 e. The highest BCUT2D eigenvalue weighted by molar-refractivity contribution is 5.92. The highest BCUT2D eigenvalue weighted by Gasteiger charge is 2.09. The molecule has 0 radical (unpaired) electrons. The number of nitrogens with one attached hydrogen (secondary N) is 1. The minimum absolute atomic E-state index is 0.0231. The number of aryl methyl sites for hydroxylation is 1. The number of nitrogens with zero attached hydrogens (tertiary/aromatic N) is 4. The summed E-state index contributed by atoms with van der Waals surface area (Å²) < 4.78 is 7.68. The van der Waals surface area contributed by atoms with Crippen LogP contribution in [0.2, 0.25) is 0 Å². The maximum absolute atomic E-state index is 11.7. The Bertz CT molecular complexity index is 916. The van der Waals surface area contributed by atoms with Crippen molar-refractivity contribution in [3.05, 3.63) is 54.4 Å². The number of carbonyl (C=O) groups is 1. The lowest BCUT2D eigenvalue weighted by Gasteiger charge is -2.10. The Morgan fingerprint density at radius 3 is 2.46 bits per heavy atom. The van der Waals surface area contributed by atoms with Gasteiger partial charge in [-0.3, -0.25) is 9.36 Å². The van der Waals surface area contributed by atoms with Crippen molar-refractivity contribution in [1.82, 2.24) is 19.5 Å². The second-order valence-corrected chi connectivity index (χ2v) is 6.27. The Morgan fingerprint density at radius 2 is 1.85 bits per heavy atom. The zero-order chi connectivity index (χ0) is 18.7. The van der Waals surface area contributed by atoms with Gasteiger partial charge in [-0.25, -0.2) is 15.0 Å². The van der Waals surface area contributed by atoms with Crippen LogP contribution in [0.3, 0.4) is 0 Å². The summed E-state index contributed by atoms with van der Waals surface area (Å²) in [6.07, 6.45) is 3.18. The van der Waals surface area contributed by atoms with Gasteiger partial charge in [-0.2, -0.15) is 0 Å². The van der Waals surface area contributed by atoms with Crippen LogP contribution in [0.5, 0.6) is 11.6 Å². The van der Waals surface area contributed by atoms with Crippen molar-refractivity contribution in [2.24, 2.45) is 5.92 Å². The Morgan fingerprint density at radius 1 is 1.12 bits per heavy atom. The van der Waals surface area contributed by atoms with Crippen molar-refractivity contribution in [2.75, 3.05) is 5.32 Å². The van der Waals surface area contributed by atoms with E-state index in [1.807, 2.05) is 32.3 Å². The quantitative estimate of drug-likeness (QED) is 0.758. The zero-order valence-corrected chi connectivity index (χ0v) is 15.2. The molecule has 0 aliphatic carbocycles. The van der Waals surface area contributed by atoms with Crippen molar-refractivity contribution in [3.63, 3.8) is 0 Å². The van der Waals surface area contributed by atoms with Gasteiger partial charge in [0.25, 0.3) is 0 Å². The van der Waals surface area contributed by atoms with E-state index < -0.39 is 0 Å². The molecule has 3 aromatic rings. The molecule has 134 valence electrons. The molecule has 7 heteroatoms. The third kappa shape index (κ3) is 3.88. The minimum atomic E-state index is -0.0689. The average Bonchev–Trinajstić information content (AvgIpc) is 2.96. The van der Waals surface area contributed by atoms with E-state index in [1.165, 1.54) is 6.33 Å². The average molecular weight is 351 g/mol. The summed E-state index contributed by atoms with van der Waals surface area (Å²) in [5.74, 6) is 1.65. The lowest BCUT2D eigenvalue weighted by atomic mass is 10.2. The second kappa shape index (κ2) is 7.35. The van der Waals surface area contributed by atoms with Gasteiger partial charge in [0.05, 0.1) is 5.69 Å². The summed E-state index contributed by atoms with van der Waals surface area (Å²) in [5, 5.41) is 2.84. The third-order valence-corrected chi connectivity index (χ3v) is 3.99. The number of amides is 1. The second-order valence-electron chi connectivity index (χ2n) is 6.27. The van der Waals surface area contributed by atoms with Gasteiger partial charge in [-0.15, -0.1) is 0 Å². The van der Waals surface area contributed by atoms with E-state index in [2.05, 4.69) is 20.3 Å². The van der Waals surface area contributed by atoms with Crippen LogP contribution in [0, 0.1) is 19.8 Å². The van der Waals surface area contributed by atoms with Crippen LogP contribution in [0.25, 0.3) is 5.82 Å². The summed E-state index contributed by atoms with van der Waals surface area (Å²) in [4.78, 5) is 24.4. The van der Waals surface area contributed by atoms with Crippen molar-refractivity contribution < 1.29 is 9.53 Å². The number of anilines is 1. The van der Waals surface area contributed by atoms with Crippen molar-refractivity contribution in [3.8, 4) is 17.4 Å². The van der Waals surface area contributed by atoms with Gasteiger partial charge in [0.2, 0.25) is 11.8 Å². The first-order valence-electron chi connectivity index (χ1n) is 8.36. The molecule has 0 unspecified atom stereocenters. The van der Waals surface area contributed by atoms with Crippen LogP contribution in [0.4, 0.5) is 5.69 Å². The number of ether oxygens (including phenoxy) is 1. The monoisotopic (exact) mass is 351 g/mol. The summed E-state index contributed by atoms with van der Waals surface area (Å²) >= 11 is 0. The van der Waals surface area contributed by atoms with Crippen molar-refractivity contribution in [2.45, 2.75) is 27.7 Å². The third-order valence-electron chi connectivity index (χ3n) is 3.99. The molecule has 0 spiro atoms. The van der Waals surface area contributed by atoms with Gasteiger partial charge in [0.1, 0.15) is 24.2 Å². The van der Waals surface area contributed by atoms with Crippen LogP contribution >= 0.6 is 0 Å². The molecule has 0 saturated heterocycles. The molecule has 0 atom stereocenters. The highest BCUT2D eigenvalue weighted by Crippen LogP contribution is 2.23. The lowest BCUT2D eigenvalue weighted by molar-refractivity contribution is -0.118. The molecule has 0 aliphatic heterocycles. The molecule has 0 aliphatic rings. The first-order valence-corrected chi connectivity index (χ1v) is 8.36. The Balaban J connectivity index is 1.74. The number of hydrogen-bond donors (Lipinski definition) is 1. The lowest BCUT2D eigenvalue weighted by Crippen LogP contribution is -2.17. The van der Waals surface area contributed by atoms with Gasteiger partial charge in [0.15, 0.2) is 0 Å². The summed E-state index contributed by atoms with van der Waals surface area (Å²) in [6, 6.07) is 8.90. The van der Waals surface area contributed by atoms with E-state index in [-0.39, 0.29) is 11.8 Å². The molecule has 0 saturated carbocycles. The standard InChI is InChI=1S/C19H21N5O2/c1-12(2)19(25)23-15-5-7-16(8-6-15)26-18-9-17(20-10-21-18)24-11-22-13(3)14(24)4/h5-12H,1-4H3,(H,23,25). The van der Waals surface area contributed by atoms with E-state index >= 15 is 0 Å². The Hall–Kier alpha value is -3.22. The van der Waals surface area contributed by atoms with Crippen LogP contribution in [-0.4, -0.2) is 25.4 Å². The maximum Gasteiger partial charge on any atom is 0.226 e. The van der Waals surface area contributed by atoms with E-state index in [4.69, 9.17) is 4.74 Å². The summed E-state index contributed by atoms with van der Waals surface area (Å²) in [5.41, 5.74) is 2.69. The van der Waals surface area contributed by atoms with Crippen LogP contribution in [-0.2, 0) is 4.79 Å². The largest absolute Gasteiger partial charge is 0.439 e. The van der Waals surface area contributed by atoms with E-state index in [0.29, 0.717) is 17.4 Å². The highest BCUT2D eigenvalue weighted by atomic mass is 16.5. The summed E-state index contributed by atoms with van der Waals surface area (Å²) in [7, 11) is 0. The molecule has 0 bridgehead atoms. The molecule has 2 heterocycles. The number of aromatic nitrogens is 4. The normalized spacial score (nSPS) is 10.8. The van der Waals surface area contributed by atoms with Gasteiger partial charge in [-0.1, -0.05) is 13.8 Å². The molecule has 1 N–H and O–H groups in total. The molecular formula is C19H21N5O2. The van der Waals surface area contributed by atoms with E-state index in [9.17, 15) is 4.79 Å². The molecule has 7 nitrogen and oxygen atoms in total. The number of carbonyl (C=O) groups excluding carboxylic acids is 1. The molecule has 3 rings (SSSR count). The van der Waals surface area contributed by atoms with Gasteiger partial charge < -0.3 is 10.1 Å². The van der Waals surface area contributed by atoms with Crippen molar-refractivity contribution >= 4 is 11.6 Å². The molecule has 1 amide bonds. The SMILES string of the molecule is Cc1ncn(-c2cc(Oc3ccc(NC(=O)C(C)C)cc3)ncn2)c1C. The van der Waals surface area contributed by atoms with Gasteiger partial charge in [0, 0.05) is 23.4 Å². The Labute approximate surface area is 152 Å². The smallest absolute Gasteiger partial charge is 0.226 e. The Kier molecular flexibility index (Phi) is 4.97. The number of imidazole rings is 1. The zero-order valence-electron chi connectivity index (χ0n) is 15.2. The van der Waals surface area contributed by atoms with Crippen LogP contribution in [0.15, 0.2) is 43.0 Å². The van der Waals surface area contributed by atoms with Crippen LogP contribution < -0.4 is 10.1 Å². The number of rotatable bonds is 5. The van der Waals surface area contributed by atoms with E-state index in [1.54, 1.807) is 36.7 Å². The predicted molar refractivity (Wildman–Crippen MR) is 98.6 cm³/mol. The van der Waals surface area contributed by atoms with Crippen LogP contribution in [0.1, 0.15) is 25.2 Å². The fraction of sp³-hybridized carbons (Fsp3) is 0.263. The van der Waals surface area contributed by atoms with Gasteiger partial charge in [-0.05, 0) is 38.1 Å². The fourth-order valence-electron chi connectivity index (χ4n) is 2.26. The number of benzene rings is 1. The predicted octanol–water partition coefficient (Wildman–Crippen LogP) is 3.67. The fourth-order valence-corrected chi connectivity index (χ4v) is 2.26. The van der Waals surface area contributed by atoms with E-state index in [0.717, 1.165) is 17.1 Å². The molecular weight excluding hydrogens is 330 g/mol. The maximum atomic E-state index is 11.7. The summed E-state index contributed by atoms with van der Waals surface area (Å²) in [6.45, 7) is 7.63. The first kappa shape index (κ1) is 17.6. The molecule has 2 aromatic heterocycles.